The van der Waals surface area contributed by atoms with E-state index in [9.17, 15) is 4.39 Å². The molecule has 1 atom stereocenters. The van der Waals surface area contributed by atoms with Gasteiger partial charge in [-0.2, -0.15) is 0 Å². The Morgan fingerprint density at radius 1 is 0.923 bits per heavy atom. The molecule has 3 heteroatoms. The van der Waals surface area contributed by atoms with Gasteiger partial charge < -0.3 is 5.32 Å². The van der Waals surface area contributed by atoms with Crippen LogP contribution in [0.2, 0.25) is 0 Å². The summed E-state index contributed by atoms with van der Waals surface area (Å²) < 4.78 is 13.1. The van der Waals surface area contributed by atoms with Gasteiger partial charge in [0.25, 0.3) is 0 Å². The van der Waals surface area contributed by atoms with Gasteiger partial charge in [0.1, 0.15) is 5.82 Å². The summed E-state index contributed by atoms with van der Waals surface area (Å²) in [5, 5.41) is 3.58. The summed E-state index contributed by atoms with van der Waals surface area (Å²) in [6, 6.07) is 19.7. The highest BCUT2D eigenvalue weighted by atomic mass is 19.1. The molecule has 0 aliphatic carbocycles. The average Bonchev–Trinajstić information content (AvgIpc) is 2.70. The molecule has 2 heterocycles. The van der Waals surface area contributed by atoms with E-state index in [1.54, 1.807) is 12.1 Å². The fourth-order valence-electron chi connectivity index (χ4n) is 3.49. The van der Waals surface area contributed by atoms with E-state index in [0.29, 0.717) is 6.04 Å². The van der Waals surface area contributed by atoms with Gasteiger partial charge in [-0.05, 0) is 53.3 Å². The van der Waals surface area contributed by atoms with Gasteiger partial charge in [-0.1, -0.05) is 48.5 Å². The number of benzene rings is 2. The minimum atomic E-state index is -0.218. The third-order valence-electron chi connectivity index (χ3n) is 4.82. The van der Waals surface area contributed by atoms with Crippen molar-refractivity contribution in [1.29, 1.82) is 0 Å². The predicted octanol–water partition coefficient (Wildman–Crippen LogP) is 4.88. The van der Waals surface area contributed by atoms with Crippen LogP contribution in [0.3, 0.4) is 0 Å². The van der Waals surface area contributed by atoms with Crippen molar-refractivity contribution < 1.29 is 4.39 Å². The quantitative estimate of drug-likeness (QED) is 0.730. The topological polar surface area (TPSA) is 24.9 Å². The van der Waals surface area contributed by atoms with Gasteiger partial charge in [0.15, 0.2) is 0 Å². The molecule has 2 nitrogen and oxygen atoms in total. The van der Waals surface area contributed by atoms with Gasteiger partial charge in [-0.15, -0.1) is 0 Å². The molecule has 1 unspecified atom stereocenters. The van der Waals surface area contributed by atoms with Gasteiger partial charge in [0, 0.05) is 30.5 Å². The molecule has 0 saturated carbocycles. The van der Waals surface area contributed by atoms with Gasteiger partial charge >= 0.3 is 0 Å². The van der Waals surface area contributed by atoms with Gasteiger partial charge in [-0.3, -0.25) is 4.98 Å². The van der Waals surface area contributed by atoms with Crippen LogP contribution in [0.25, 0.3) is 16.7 Å². The monoisotopic (exact) mass is 344 g/mol. The van der Waals surface area contributed by atoms with Crippen molar-refractivity contribution >= 4 is 5.57 Å². The number of nitrogens with zero attached hydrogens (tertiary/aromatic N) is 1. The van der Waals surface area contributed by atoms with Crippen LogP contribution in [0.5, 0.6) is 0 Å². The molecule has 0 fully saturated rings. The minimum Gasteiger partial charge on any atom is -0.310 e. The van der Waals surface area contributed by atoms with E-state index in [-0.39, 0.29) is 5.82 Å². The lowest BCUT2D eigenvalue weighted by Gasteiger charge is -2.25. The minimum absolute atomic E-state index is 0.218. The number of nitrogens with one attached hydrogen (secondary N) is 1. The molecule has 0 spiro atoms. The largest absolute Gasteiger partial charge is 0.310 e. The first-order valence-electron chi connectivity index (χ1n) is 8.95. The molecule has 1 aliphatic heterocycles. The number of rotatable bonds is 4. The summed E-state index contributed by atoms with van der Waals surface area (Å²) >= 11 is 0. The molecule has 1 aliphatic rings. The number of aromatic nitrogens is 1. The maximum Gasteiger partial charge on any atom is 0.123 e. The summed E-state index contributed by atoms with van der Waals surface area (Å²) in [5.74, 6) is -0.218. The zero-order valence-corrected chi connectivity index (χ0v) is 14.5. The molecule has 0 amide bonds. The number of hydrogen-bond acceptors (Lipinski definition) is 2. The SMILES string of the molecule is Fc1ccc(-c2cncc(CC3CC(c4ccccc4)=CCN3)c2)cc1. The smallest absolute Gasteiger partial charge is 0.123 e. The summed E-state index contributed by atoms with van der Waals surface area (Å²) in [6.07, 6.45) is 7.96. The third kappa shape index (κ3) is 3.89. The normalized spacial score (nSPS) is 17.0. The second-order valence-electron chi connectivity index (χ2n) is 6.70. The van der Waals surface area contributed by atoms with E-state index >= 15 is 0 Å². The van der Waals surface area contributed by atoms with Crippen molar-refractivity contribution in [3.8, 4) is 11.1 Å². The Hall–Kier alpha value is -2.78. The maximum atomic E-state index is 13.1. The molecule has 2 aromatic carbocycles. The lowest BCUT2D eigenvalue weighted by molar-refractivity contribution is 0.532. The Morgan fingerprint density at radius 2 is 1.73 bits per heavy atom. The van der Waals surface area contributed by atoms with Crippen LogP contribution in [0.1, 0.15) is 17.5 Å². The Balaban J connectivity index is 1.48. The molecular formula is C23H21FN2. The number of pyridine rings is 1. The van der Waals surface area contributed by atoms with Gasteiger partial charge in [0.05, 0.1) is 0 Å². The number of halogens is 1. The summed E-state index contributed by atoms with van der Waals surface area (Å²) in [4.78, 5) is 4.39. The van der Waals surface area contributed by atoms with E-state index < -0.39 is 0 Å². The highest BCUT2D eigenvalue weighted by molar-refractivity contribution is 5.67. The van der Waals surface area contributed by atoms with Crippen LogP contribution in [-0.2, 0) is 6.42 Å². The molecule has 0 saturated heterocycles. The fraction of sp³-hybridized carbons (Fsp3) is 0.174. The van der Waals surface area contributed by atoms with Crippen LogP contribution in [-0.4, -0.2) is 17.6 Å². The van der Waals surface area contributed by atoms with Crippen molar-refractivity contribution in [2.45, 2.75) is 18.9 Å². The number of hydrogen-bond donors (Lipinski definition) is 1. The molecule has 0 radical (unpaired) electrons. The van der Waals surface area contributed by atoms with E-state index in [1.165, 1.54) is 28.8 Å². The summed E-state index contributed by atoms with van der Waals surface area (Å²) in [6.45, 7) is 0.889. The Labute approximate surface area is 153 Å². The summed E-state index contributed by atoms with van der Waals surface area (Å²) in [5.41, 5.74) is 5.91. The van der Waals surface area contributed by atoms with Crippen molar-refractivity contribution in [3.05, 3.63) is 96.1 Å². The van der Waals surface area contributed by atoms with Crippen LogP contribution >= 0.6 is 0 Å². The standard InChI is InChI=1S/C23H21FN2/c24-22-8-6-19(7-9-22)21-12-17(15-25-16-21)13-23-14-20(10-11-26-23)18-4-2-1-3-5-18/h1-10,12,15-16,23,26H,11,13-14H2. The molecule has 3 aromatic rings. The first-order chi connectivity index (χ1) is 12.8. The van der Waals surface area contributed by atoms with E-state index in [2.05, 4.69) is 52.8 Å². The van der Waals surface area contributed by atoms with E-state index in [0.717, 1.165) is 30.5 Å². The van der Waals surface area contributed by atoms with E-state index in [4.69, 9.17) is 0 Å². The lowest BCUT2D eigenvalue weighted by Crippen LogP contribution is -2.34. The Morgan fingerprint density at radius 3 is 2.54 bits per heavy atom. The molecule has 4 rings (SSSR count). The molecule has 0 bridgehead atoms. The van der Waals surface area contributed by atoms with Crippen LogP contribution in [0.15, 0.2) is 79.1 Å². The van der Waals surface area contributed by atoms with Crippen molar-refractivity contribution in [2.24, 2.45) is 0 Å². The van der Waals surface area contributed by atoms with Crippen LogP contribution < -0.4 is 5.32 Å². The second-order valence-corrected chi connectivity index (χ2v) is 6.70. The highest BCUT2D eigenvalue weighted by Gasteiger charge is 2.16. The van der Waals surface area contributed by atoms with Crippen LogP contribution in [0, 0.1) is 5.82 Å². The first-order valence-corrected chi connectivity index (χ1v) is 8.95. The molecule has 1 N–H and O–H groups in total. The van der Waals surface area contributed by atoms with Crippen LogP contribution in [0.4, 0.5) is 4.39 Å². The molecule has 26 heavy (non-hydrogen) atoms. The second kappa shape index (κ2) is 7.63. The van der Waals surface area contributed by atoms with Crippen molar-refractivity contribution in [1.82, 2.24) is 10.3 Å². The van der Waals surface area contributed by atoms with E-state index in [1.807, 2.05) is 12.4 Å². The molecule has 130 valence electrons. The molecular weight excluding hydrogens is 323 g/mol. The maximum absolute atomic E-state index is 13.1. The zero-order chi connectivity index (χ0) is 17.8. The zero-order valence-electron chi connectivity index (χ0n) is 14.5. The Kier molecular flexibility index (Phi) is 4.89. The highest BCUT2D eigenvalue weighted by Crippen LogP contribution is 2.25. The molecule has 1 aromatic heterocycles. The third-order valence-corrected chi connectivity index (χ3v) is 4.82. The van der Waals surface area contributed by atoms with Crippen molar-refractivity contribution in [2.75, 3.05) is 6.54 Å². The predicted molar refractivity (Wildman–Crippen MR) is 104 cm³/mol. The Bertz CT molecular complexity index is 901. The van der Waals surface area contributed by atoms with Crippen molar-refractivity contribution in [3.63, 3.8) is 0 Å². The van der Waals surface area contributed by atoms with Gasteiger partial charge in [0.2, 0.25) is 0 Å². The lowest BCUT2D eigenvalue weighted by atomic mass is 9.92. The first kappa shape index (κ1) is 16.7. The average molecular weight is 344 g/mol. The summed E-state index contributed by atoms with van der Waals surface area (Å²) in [7, 11) is 0. The van der Waals surface area contributed by atoms with Gasteiger partial charge in [-0.25, -0.2) is 4.39 Å². The fourth-order valence-corrected chi connectivity index (χ4v) is 3.49.